The fraction of sp³-hybridized carbons (Fsp3) is 0.500. The van der Waals surface area contributed by atoms with Crippen LogP contribution in [0.15, 0.2) is 12.2 Å². The van der Waals surface area contributed by atoms with Crippen molar-refractivity contribution in [2.75, 3.05) is 13.1 Å². The molecule has 0 fully saturated rings. The molecule has 0 saturated carbocycles. The van der Waals surface area contributed by atoms with Gasteiger partial charge in [0.15, 0.2) is 0 Å². The first-order valence-electron chi connectivity index (χ1n) is 1.86. The Morgan fingerprint density at radius 2 is 1.25 bits per heavy atom. The Hall–Kier alpha value is -0.420. The van der Waals surface area contributed by atoms with Crippen LogP contribution in [0.25, 0.3) is 0 Å². The lowest BCUT2D eigenvalue weighted by Gasteiger charge is -1.77. The topological polar surface area (TPSA) is 107 Å². The van der Waals surface area contributed by atoms with Crippen molar-refractivity contribution in [3.8, 4) is 0 Å². The zero-order valence-electron chi connectivity index (χ0n) is 4.57. The monoisotopic (exact) mass is 123 g/mol. The molecule has 0 aromatic heterocycles. The molecule has 0 bridgehead atoms. The average Bonchev–Trinajstić information content (AvgIpc) is 1.76. The Bertz CT molecular complexity index is 49.2. The molecule has 1 aliphatic heterocycles. The van der Waals surface area contributed by atoms with E-state index in [1.165, 1.54) is 0 Å². The molecule has 0 spiro atoms. The van der Waals surface area contributed by atoms with Crippen molar-refractivity contribution < 1.29 is 16.4 Å². The summed E-state index contributed by atoms with van der Waals surface area (Å²) in [5.41, 5.74) is 0. The Labute approximate surface area is 48.1 Å². The van der Waals surface area contributed by atoms with E-state index in [2.05, 4.69) is 17.5 Å². The van der Waals surface area contributed by atoms with Crippen LogP contribution in [-0.4, -0.2) is 29.5 Å². The van der Waals surface area contributed by atoms with E-state index < -0.39 is 0 Å². The van der Waals surface area contributed by atoms with Crippen molar-refractivity contribution in [3.05, 3.63) is 12.2 Å². The van der Waals surface area contributed by atoms with E-state index in [4.69, 9.17) is 0 Å². The molecule has 1 rings (SSSR count). The SMILES string of the molecule is C1=CCNC1.O.O.O. The third kappa shape index (κ3) is 5.58. The van der Waals surface area contributed by atoms with Crippen LogP contribution < -0.4 is 5.32 Å². The fourth-order valence-corrected chi connectivity index (χ4v) is 0.417. The van der Waals surface area contributed by atoms with Gasteiger partial charge in [-0.2, -0.15) is 0 Å². The van der Waals surface area contributed by atoms with Crippen LogP contribution in [0.2, 0.25) is 0 Å². The maximum absolute atomic E-state index is 3.11. The summed E-state index contributed by atoms with van der Waals surface area (Å²) in [5.74, 6) is 0. The van der Waals surface area contributed by atoms with Crippen molar-refractivity contribution in [3.63, 3.8) is 0 Å². The highest BCUT2D eigenvalue weighted by Crippen LogP contribution is 1.75. The first kappa shape index (κ1) is 15.6. The molecule has 0 radical (unpaired) electrons. The predicted octanol–water partition coefficient (Wildman–Crippen LogP) is -2.33. The quantitative estimate of drug-likeness (QED) is 0.358. The number of hydrogen-bond acceptors (Lipinski definition) is 1. The summed E-state index contributed by atoms with van der Waals surface area (Å²) in [7, 11) is 0. The largest absolute Gasteiger partial charge is 0.412 e. The smallest absolute Gasteiger partial charge is 0.0138 e. The standard InChI is InChI=1S/C4H7N.3H2O/c1-2-4-5-3-1;;;/h1-2,5H,3-4H2;3*1H2. The molecule has 0 amide bonds. The molecule has 0 aromatic rings. The molecule has 4 heteroatoms. The van der Waals surface area contributed by atoms with Gasteiger partial charge < -0.3 is 21.7 Å². The fourth-order valence-electron chi connectivity index (χ4n) is 0.417. The summed E-state index contributed by atoms with van der Waals surface area (Å²) in [5, 5.41) is 3.11. The molecular weight excluding hydrogens is 110 g/mol. The second-order valence-electron chi connectivity index (χ2n) is 1.13. The van der Waals surface area contributed by atoms with Crippen molar-refractivity contribution in [1.82, 2.24) is 5.32 Å². The molecule has 0 atom stereocenters. The molecule has 0 aliphatic carbocycles. The summed E-state index contributed by atoms with van der Waals surface area (Å²) in [6.07, 6.45) is 4.25. The van der Waals surface area contributed by atoms with E-state index in [-0.39, 0.29) is 16.4 Å². The third-order valence-corrected chi connectivity index (χ3v) is 0.691. The lowest BCUT2D eigenvalue weighted by atomic mass is 10.6. The van der Waals surface area contributed by atoms with Gasteiger partial charge in [-0.15, -0.1) is 0 Å². The van der Waals surface area contributed by atoms with E-state index in [9.17, 15) is 0 Å². The molecule has 1 heterocycles. The molecule has 52 valence electrons. The van der Waals surface area contributed by atoms with Gasteiger partial charge in [0.2, 0.25) is 0 Å². The van der Waals surface area contributed by atoms with Gasteiger partial charge in [-0.3, -0.25) is 0 Å². The van der Waals surface area contributed by atoms with Gasteiger partial charge >= 0.3 is 0 Å². The predicted molar refractivity (Wildman–Crippen MR) is 32.9 cm³/mol. The van der Waals surface area contributed by atoms with Crippen molar-refractivity contribution in [1.29, 1.82) is 0 Å². The van der Waals surface area contributed by atoms with Crippen molar-refractivity contribution in [2.45, 2.75) is 0 Å². The molecule has 0 aromatic carbocycles. The summed E-state index contributed by atoms with van der Waals surface area (Å²) in [6, 6.07) is 0. The average molecular weight is 123 g/mol. The first-order chi connectivity index (χ1) is 2.50. The van der Waals surface area contributed by atoms with E-state index >= 15 is 0 Å². The van der Waals surface area contributed by atoms with Gasteiger partial charge in [0, 0.05) is 13.1 Å². The van der Waals surface area contributed by atoms with Crippen molar-refractivity contribution >= 4 is 0 Å². The van der Waals surface area contributed by atoms with Crippen LogP contribution in [0.4, 0.5) is 0 Å². The molecule has 0 saturated heterocycles. The minimum atomic E-state index is 0. The van der Waals surface area contributed by atoms with Gasteiger partial charge in [0.25, 0.3) is 0 Å². The van der Waals surface area contributed by atoms with Crippen LogP contribution >= 0.6 is 0 Å². The van der Waals surface area contributed by atoms with Crippen molar-refractivity contribution in [2.24, 2.45) is 0 Å². The summed E-state index contributed by atoms with van der Waals surface area (Å²) >= 11 is 0. The number of hydrogen-bond donors (Lipinski definition) is 1. The van der Waals surface area contributed by atoms with Gasteiger partial charge in [-0.05, 0) is 0 Å². The van der Waals surface area contributed by atoms with Crippen LogP contribution in [0, 0.1) is 0 Å². The molecule has 7 N–H and O–H groups in total. The van der Waals surface area contributed by atoms with Gasteiger partial charge in [0.05, 0.1) is 0 Å². The summed E-state index contributed by atoms with van der Waals surface area (Å²) in [6.45, 7) is 2.14. The molecule has 8 heavy (non-hydrogen) atoms. The van der Waals surface area contributed by atoms with E-state index in [1.54, 1.807) is 0 Å². The number of rotatable bonds is 0. The highest BCUT2D eigenvalue weighted by molar-refractivity contribution is 4.92. The van der Waals surface area contributed by atoms with Gasteiger partial charge in [-0.1, -0.05) is 12.2 Å². The van der Waals surface area contributed by atoms with E-state index in [1.807, 2.05) is 0 Å². The van der Waals surface area contributed by atoms with Crippen LogP contribution in [-0.2, 0) is 0 Å². The van der Waals surface area contributed by atoms with Gasteiger partial charge in [0.1, 0.15) is 0 Å². The highest BCUT2D eigenvalue weighted by atomic mass is 16.0. The van der Waals surface area contributed by atoms with Gasteiger partial charge in [-0.25, -0.2) is 0 Å². The minimum absolute atomic E-state index is 0. The summed E-state index contributed by atoms with van der Waals surface area (Å²) < 4.78 is 0. The molecule has 4 nitrogen and oxygen atoms in total. The lowest BCUT2D eigenvalue weighted by molar-refractivity contribution is 0.823. The number of nitrogens with one attached hydrogen (secondary N) is 1. The minimum Gasteiger partial charge on any atom is -0.412 e. The zero-order valence-corrected chi connectivity index (χ0v) is 4.57. The van der Waals surface area contributed by atoms with Crippen LogP contribution in [0.1, 0.15) is 0 Å². The summed E-state index contributed by atoms with van der Waals surface area (Å²) in [4.78, 5) is 0. The molecule has 0 unspecified atom stereocenters. The molecular formula is C4H13NO3. The lowest BCUT2D eigenvalue weighted by Crippen LogP contribution is -2.04. The Morgan fingerprint density at radius 3 is 1.38 bits per heavy atom. The van der Waals surface area contributed by atoms with E-state index in [0.717, 1.165) is 13.1 Å². The van der Waals surface area contributed by atoms with Crippen LogP contribution in [0.3, 0.4) is 0 Å². The second kappa shape index (κ2) is 9.77. The normalized spacial score (nSPS) is 13.0. The highest BCUT2D eigenvalue weighted by Gasteiger charge is 1.81. The Morgan fingerprint density at radius 1 is 0.875 bits per heavy atom. The zero-order chi connectivity index (χ0) is 3.54. The second-order valence-corrected chi connectivity index (χ2v) is 1.13. The molecule has 1 aliphatic rings. The van der Waals surface area contributed by atoms with Crippen LogP contribution in [0.5, 0.6) is 0 Å². The maximum Gasteiger partial charge on any atom is 0.0138 e. The first-order valence-corrected chi connectivity index (χ1v) is 1.86. The third-order valence-electron chi connectivity index (χ3n) is 0.691. The Kier molecular flexibility index (Phi) is 19.1. The maximum atomic E-state index is 3.11. The van der Waals surface area contributed by atoms with E-state index in [0.29, 0.717) is 0 Å². The Balaban J connectivity index is -0.0000000833.